The van der Waals surface area contributed by atoms with Gasteiger partial charge in [-0.15, -0.1) is 0 Å². The van der Waals surface area contributed by atoms with Crippen LogP contribution in [0.1, 0.15) is 43.2 Å². The van der Waals surface area contributed by atoms with Crippen LogP contribution in [0.25, 0.3) is 11.3 Å². The number of hydrogen-bond acceptors (Lipinski definition) is 3. The zero-order valence-corrected chi connectivity index (χ0v) is 15.5. The molecular formula is C22H24N2O2. The van der Waals surface area contributed by atoms with Crippen LogP contribution in [0.2, 0.25) is 0 Å². The van der Waals surface area contributed by atoms with Gasteiger partial charge in [0.15, 0.2) is 11.7 Å². The number of carbonyl (C=O) groups excluding carboxylic acids is 1. The summed E-state index contributed by atoms with van der Waals surface area (Å²) in [5.74, 6) is 1.63. The zero-order chi connectivity index (χ0) is 18.5. The second-order valence-electron chi connectivity index (χ2n) is 6.77. The third-order valence-corrected chi connectivity index (χ3v) is 4.31. The molecule has 0 atom stereocenters. The van der Waals surface area contributed by atoms with Gasteiger partial charge >= 0.3 is 0 Å². The van der Waals surface area contributed by atoms with E-state index < -0.39 is 0 Å². The maximum absolute atomic E-state index is 12.3. The highest BCUT2D eigenvalue weighted by Crippen LogP contribution is 2.24. The molecule has 1 amide bonds. The summed E-state index contributed by atoms with van der Waals surface area (Å²) in [5, 5.41) is 3.00. The molecule has 2 aromatic carbocycles. The number of carbonyl (C=O) groups is 1. The molecule has 1 heterocycles. The molecule has 4 heteroatoms. The van der Waals surface area contributed by atoms with E-state index in [0.29, 0.717) is 24.7 Å². The highest BCUT2D eigenvalue weighted by Gasteiger charge is 2.11. The van der Waals surface area contributed by atoms with E-state index in [0.717, 1.165) is 22.6 Å². The molecule has 0 saturated heterocycles. The van der Waals surface area contributed by atoms with E-state index in [4.69, 9.17) is 4.42 Å². The fourth-order valence-electron chi connectivity index (χ4n) is 2.82. The predicted octanol–water partition coefficient (Wildman–Crippen LogP) is 5.34. The van der Waals surface area contributed by atoms with Crippen LogP contribution in [0.5, 0.6) is 0 Å². The predicted molar refractivity (Wildman–Crippen MR) is 104 cm³/mol. The molecule has 1 aromatic heterocycles. The van der Waals surface area contributed by atoms with E-state index in [1.165, 1.54) is 5.56 Å². The fraction of sp³-hybridized carbons (Fsp3) is 0.273. The van der Waals surface area contributed by atoms with Crippen molar-refractivity contribution in [3.05, 3.63) is 71.7 Å². The summed E-state index contributed by atoms with van der Waals surface area (Å²) in [5.41, 5.74) is 4.20. The van der Waals surface area contributed by atoms with Crippen LogP contribution in [0, 0.1) is 6.92 Å². The van der Waals surface area contributed by atoms with Gasteiger partial charge in [-0.05, 0) is 24.5 Å². The fourth-order valence-corrected chi connectivity index (χ4v) is 2.82. The lowest BCUT2D eigenvalue weighted by Crippen LogP contribution is -2.14. The Morgan fingerprint density at radius 2 is 1.85 bits per heavy atom. The van der Waals surface area contributed by atoms with Gasteiger partial charge in [-0.25, -0.2) is 4.98 Å². The van der Waals surface area contributed by atoms with Crippen molar-refractivity contribution in [2.45, 2.75) is 39.5 Å². The normalized spacial score (nSPS) is 10.9. The van der Waals surface area contributed by atoms with Gasteiger partial charge in [-0.2, -0.15) is 0 Å². The maximum Gasteiger partial charge on any atom is 0.224 e. The Morgan fingerprint density at radius 1 is 1.12 bits per heavy atom. The number of nitrogens with one attached hydrogen (secondary N) is 1. The molecule has 4 nitrogen and oxygen atoms in total. The largest absolute Gasteiger partial charge is 0.441 e. The summed E-state index contributed by atoms with van der Waals surface area (Å²) in [6.07, 6.45) is 2.52. The van der Waals surface area contributed by atoms with Gasteiger partial charge in [0, 0.05) is 24.1 Å². The minimum absolute atomic E-state index is 0.0341. The number of oxazole rings is 1. The molecular weight excluding hydrogens is 324 g/mol. The minimum Gasteiger partial charge on any atom is -0.441 e. The standard InChI is InChI=1S/C22H24N2O2/c1-15(2)18-6-4-5-7-19(18)24-21(25)12-13-22-23-14-20(26-22)17-10-8-16(3)9-11-17/h4-11,14-15H,12-13H2,1-3H3,(H,24,25). The van der Waals surface area contributed by atoms with Crippen molar-refractivity contribution in [1.82, 2.24) is 4.98 Å². The van der Waals surface area contributed by atoms with Crippen LogP contribution in [0.3, 0.4) is 0 Å². The Labute approximate surface area is 154 Å². The third-order valence-electron chi connectivity index (χ3n) is 4.31. The van der Waals surface area contributed by atoms with Crippen molar-refractivity contribution in [3.63, 3.8) is 0 Å². The molecule has 0 bridgehead atoms. The average Bonchev–Trinajstić information content (AvgIpc) is 3.10. The third kappa shape index (κ3) is 4.39. The summed E-state index contributed by atoms with van der Waals surface area (Å²) in [7, 11) is 0. The van der Waals surface area contributed by atoms with Crippen molar-refractivity contribution >= 4 is 11.6 Å². The van der Waals surface area contributed by atoms with Crippen LogP contribution in [0.15, 0.2) is 59.1 Å². The summed E-state index contributed by atoms with van der Waals surface area (Å²) in [6, 6.07) is 16.0. The minimum atomic E-state index is -0.0341. The molecule has 0 spiro atoms. The lowest BCUT2D eigenvalue weighted by Gasteiger charge is -2.13. The Morgan fingerprint density at radius 3 is 2.58 bits per heavy atom. The lowest BCUT2D eigenvalue weighted by molar-refractivity contribution is -0.116. The van der Waals surface area contributed by atoms with Gasteiger partial charge in [0.25, 0.3) is 0 Å². The Bertz CT molecular complexity index is 879. The molecule has 0 unspecified atom stereocenters. The van der Waals surface area contributed by atoms with Crippen molar-refractivity contribution < 1.29 is 9.21 Å². The molecule has 134 valence electrons. The number of hydrogen-bond donors (Lipinski definition) is 1. The van der Waals surface area contributed by atoms with Gasteiger partial charge in [-0.1, -0.05) is 61.9 Å². The second kappa shape index (κ2) is 8.00. The summed E-state index contributed by atoms with van der Waals surface area (Å²) in [6.45, 7) is 6.28. The summed E-state index contributed by atoms with van der Waals surface area (Å²) >= 11 is 0. The quantitative estimate of drug-likeness (QED) is 0.654. The van der Waals surface area contributed by atoms with Crippen LogP contribution < -0.4 is 5.32 Å². The molecule has 0 saturated carbocycles. The number of benzene rings is 2. The summed E-state index contributed by atoms with van der Waals surface area (Å²) in [4.78, 5) is 16.6. The highest BCUT2D eigenvalue weighted by molar-refractivity contribution is 5.91. The van der Waals surface area contributed by atoms with Gasteiger partial charge in [0.05, 0.1) is 6.20 Å². The molecule has 0 radical (unpaired) electrons. The van der Waals surface area contributed by atoms with E-state index >= 15 is 0 Å². The lowest BCUT2D eigenvalue weighted by atomic mass is 10.0. The van der Waals surface area contributed by atoms with Crippen LogP contribution in [0.4, 0.5) is 5.69 Å². The number of rotatable bonds is 6. The molecule has 0 aliphatic rings. The number of anilines is 1. The Hall–Kier alpha value is -2.88. The Balaban J connectivity index is 1.59. The molecule has 3 aromatic rings. The molecule has 1 N–H and O–H groups in total. The summed E-state index contributed by atoms with van der Waals surface area (Å²) < 4.78 is 5.78. The number of aryl methyl sites for hydroxylation is 2. The van der Waals surface area contributed by atoms with E-state index in [1.807, 2.05) is 55.5 Å². The van der Waals surface area contributed by atoms with Crippen molar-refractivity contribution in [2.24, 2.45) is 0 Å². The van der Waals surface area contributed by atoms with Gasteiger partial charge in [-0.3, -0.25) is 4.79 Å². The highest BCUT2D eigenvalue weighted by atomic mass is 16.4. The first-order valence-corrected chi connectivity index (χ1v) is 8.93. The van der Waals surface area contributed by atoms with Crippen molar-refractivity contribution in [2.75, 3.05) is 5.32 Å². The van der Waals surface area contributed by atoms with Crippen LogP contribution >= 0.6 is 0 Å². The molecule has 0 aliphatic heterocycles. The maximum atomic E-state index is 12.3. The first-order chi connectivity index (χ1) is 12.5. The topological polar surface area (TPSA) is 55.1 Å². The molecule has 0 fully saturated rings. The molecule has 0 aliphatic carbocycles. The average molecular weight is 348 g/mol. The van der Waals surface area contributed by atoms with E-state index in [9.17, 15) is 4.79 Å². The van der Waals surface area contributed by atoms with E-state index in [1.54, 1.807) is 6.20 Å². The Kier molecular flexibility index (Phi) is 5.52. The second-order valence-corrected chi connectivity index (χ2v) is 6.77. The SMILES string of the molecule is Cc1ccc(-c2cnc(CCC(=O)Nc3ccccc3C(C)C)o2)cc1. The first kappa shape index (κ1) is 17.9. The first-order valence-electron chi connectivity index (χ1n) is 8.93. The van der Waals surface area contributed by atoms with Crippen LogP contribution in [-0.2, 0) is 11.2 Å². The smallest absolute Gasteiger partial charge is 0.224 e. The number of nitrogens with zero attached hydrogens (tertiary/aromatic N) is 1. The molecule has 26 heavy (non-hydrogen) atoms. The van der Waals surface area contributed by atoms with Crippen LogP contribution in [-0.4, -0.2) is 10.9 Å². The number of para-hydroxylation sites is 1. The van der Waals surface area contributed by atoms with Gasteiger partial charge in [0.2, 0.25) is 5.91 Å². The monoisotopic (exact) mass is 348 g/mol. The van der Waals surface area contributed by atoms with Gasteiger partial charge in [0.1, 0.15) is 0 Å². The van der Waals surface area contributed by atoms with E-state index in [-0.39, 0.29) is 5.91 Å². The number of aromatic nitrogens is 1. The zero-order valence-electron chi connectivity index (χ0n) is 15.5. The molecule has 3 rings (SSSR count). The van der Waals surface area contributed by atoms with Gasteiger partial charge < -0.3 is 9.73 Å². The van der Waals surface area contributed by atoms with E-state index in [2.05, 4.69) is 24.1 Å². The van der Waals surface area contributed by atoms with Crippen molar-refractivity contribution in [1.29, 1.82) is 0 Å². The number of amides is 1. The van der Waals surface area contributed by atoms with Crippen molar-refractivity contribution in [3.8, 4) is 11.3 Å².